The Morgan fingerprint density at radius 1 is 1.73 bits per heavy atom. The maximum Gasteiger partial charge on any atom is 0.358 e. The second kappa shape index (κ2) is 4.14. The maximum absolute atomic E-state index is 10.9. The first kappa shape index (κ1) is 10.4. The molecule has 1 saturated heterocycles. The van der Waals surface area contributed by atoms with E-state index in [1.807, 2.05) is 11.8 Å². The number of carbonyl (C=O) groups is 1. The maximum atomic E-state index is 10.9. The Kier molecular flexibility index (Phi) is 2.86. The third-order valence-electron chi connectivity index (χ3n) is 2.48. The first-order chi connectivity index (χ1) is 7.18. The molecule has 82 valence electrons. The minimum Gasteiger partial charge on any atom is -0.504 e. The molecule has 1 unspecified atom stereocenters. The van der Waals surface area contributed by atoms with Gasteiger partial charge in [-0.05, 0) is 23.8 Å². The van der Waals surface area contributed by atoms with E-state index < -0.39 is 5.97 Å². The predicted octanol–water partition coefficient (Wildman–Crippen LogP) is 1.04. The molecule has 2 N–H and O–H groups in total. The van der Waals surface area contributed by atoms with Crippen LogP contribution in [0, 0.1) is 5.92 Å². The van der Waals surface area contributed by atoms with Gasteiger partial charge in [0.15, 0.2) is 11.4 Å². The van der Waals surface area contributed by atoms with Crippen molar-refractivity contribution < 1.29 is 15.0 Å². The molecule has 5 nitrogen and oxygen atoms in total. The van der Waals surface area contributed by atoms with Crippen LogP contribution >= 0.6 is 11.8 Å². The lowest BCUT2D eigenvalue weighted by atomic mass is 10.1. The SMILES string of the molecule is O=C(O)c1c(O)cnn1CC1CCSC1. The summed E-state index contributed by atoms with van der Waals surface area (Å²) < 4.78 is 1.38. The average molecular weight is 228 g/mol. The molecule has 1 atom stereocenters. The standard InChI is InChI=1S/C9H12N2O3S/c12-7-3-10-11(8(7)9(13)14)4-6-1-2-15-5-6/h3,6,12H,1-2,4-5H2,(H,13,14). The molecular weight excluding hydrogens is 216 g/mol. The van der Waals surface area contributed by atoms with Crippen LogP contribution in [0.15, 0.2) is 6.20 Å². The van der Waals surface area contributed by atoms with Crippen molar-refractivity contribution in [2.24, 2.45) is 5.92 Å². The Hall–Kier alpha value is -1.17. The highest BCUT2D eigenvalue weighted by molar-refractivity contribution is 7.99. The van der Waals surface area contributed by atoms with Crippen LogP contribution in [-0.4, -0.2) is 37.5 Å². The van der Waals surface area contributed by atoms with Gasteiger partial charge in [-0.25, -0.2) is 4.79 Å². The zero-order valence-corrected chi connectivity index (χ0v) is 8.90. The van der Waals surface area contributed by atoms with Crippen molar-refractivity contribution in [3.8, 4) is 5.75 Å². The molecule has 0 spiro atoms. The molecule has 2 heterocycles. The zero-order chi connectivity index (χ0) is 10.8. The molecule has 1 aromatic heterocycles. The quantitative estimate of drug-likeness (QED) is 0.808. The molecule has 15 heavy (non-hydrogen) atoms. The number of aromatic nitrogens is 2. The van der Waals surface area contributed by atoms with Crippen molar-refractivity contribution >= 4 is 17.7 Å². The van der Waals surface area contributed by atoms with Crippen molar-refractivity contribution in [1.82, 2.24) is 9.78 Å². The summed E-state index contributed by atoms with van der Waals surface area (Å²) in [5.41, 5.74) is -0.105. The van der Waals surface area contributed by atoms with Crippen LogP contribution in [0.25, 0.3) is 0 Å². The topological polar surface area (TPSA) is 75.3 Å². The molecule has 0 aromatic carbocycles. The van der Waals surface area contributed by atoms with Gasteiger partial charge in [0.1, 0.15) is 0 Å². The molecule has 1 aliphatic heterocycles. The molecular formula is C9H12N2O3S. The fourth-order valence-electron chi connectivity index (χ4n) is 1.71. The van der Waals surface area contributed by atoms with Crippen molar-refractivity contribution in [3.63, 3.8) is 0 Å². The van der Waals surface area contributed by atoms with Crippen LogP contribution in [0.2, 0.25) is 0 Å². The van der Waals surface area contributed by atoms with E-state index >= 15 is 0 Å². The summed E-state index contributed by atoms with van der Waals surface area (Å²) in [6.45, 7) is 0.579. The normalized spacial score (nSPS) is 20.7. The van der Waals surface area contributed by atoms with E-state index in [1.165, 1.54) is 10.9 Å². The van der Waals surface area contributed by atoms with Crippen molar-refractivity contribution in [2.45, 2.75) is 13.0 Å². The van der Waals surface area contributed by atoms with Crippen molar-refractivity contribution in [2.75, 3.05) is 11.5 Å². The van der Waals surface area contributed by atoms with Gasteiger partial charge in [0.2, 0.25) is 0 Å². The Labute approximate surface area is 91.1 Å². The summed E-state index contributed by atoms with van der Waals surface area (Å²) in [5, 5.41) is 22.1. The second-order valence-electron chi connectivity index (χ2n) is 3.60. The van der Waals surface area contributed by atoms with Gasteiger partial charge in [-0.3, -0.25) is 4.68 Å². The third-order valence-corrected chi connectivity index (χ3v) is 3.71. The molecule has 1 aliphatic rings. The Morgan fingerprint density at radius 2 is 2.53 bits per heavy atom. The van der Waals surface area contributed by atoms with E-state index in [0.29, 0.717) is 12.5 Å². The van der Waals surface area contributed by atoms with E-state index in [4.69, 9.17) is 5.11 Å². The van der Waals surface area contributed by atoms with E-state index in [-0.39, 0.29) is 11.4 Å². The molecule has 1 fully saturated rings. The van der Waals surface area contributed by atoms with Gasteiger partial charge in [0.05, 0.1) is 6.20 Å². The summed E-state index contributed by atoms with van der Waals surface area (Å²) >= 11 is 1.87. The fraction of sp³-hybridized carbons (Fsp3) is 0.556. The Balaban J connectivity index is 2.16. The number of thioether (sulfide) groups is 1. The lowest BCUT2D eigenvalue weighted by Crippen LogP contribution is -2.16. The highest BCUT2D eigenvalue weighted by Crippen LogP contribution is 2.26. The smallest absolute Gasteiger partial charge is 0.358 e. The Bertz CT molecular complexity index is 371. The van der Waals surface area contributed by atoms with Crippen LogP contribution in [0.1, 0.15) is 16.9 Å². The highest BCUT2D eigenvalue weighted by Gasteiger charge is 2.22. The highest BCUT2D eigenvalue weighted by atomic mass is 32.2. The van der Waals surface area contributed by atoms with Crippen LogP contribution in [-0.2, 0) is 6.54 Å². The fourth-order valence-corrected chi connectivity index (χ4v) is 2.98. The summed E-state index contributed by atoms with van der Waals surface area (Å²) in [5.74, 6) is 1.25. The lowest BCUT2D eigenvalue weighted by molar-refractivity contribution is 0.0678. The van der Waals surface area contributed by atoms with Gasteiger partial charge in [-0.2, -0.15) is 16.9 Å². The first-order valence-corrected chi connectivity index (χ1v) is 5.89. The second-order valence-corrected chi connectivity index (χ2v) is 4.75. The third kappa shape index (κ3) is 2.09. The summed E-state index contributed by atoms with van der Waals surface area (Å²) in [7, 11) is 0. The van der Waals surface area contributed by atoms with Crippen molar-refractivity contribution in [1.29, 1.82) is 0 Å². The van der Waals surface area contributed by atoms with Gasteiger partial charge < -0.3 is 10.2 Å². The number of carboxylic acid groups (broad SMARTS) is 1. The molecule has 6 heteroatoms. The first-order valence-electron chi connectivity index (χ1n) is 4.74. The lowest BCUT2D eigenvalue weighted by Gasteiger charge is -2.09. The van der Waals surface area contributed by atoms with Crippen molar-refractivity contribution in [3.05, 3.63) is 11.9 Å². The average Bonchev–Trinajstić information content (AvgIpc) is 2.76. The van der Waals surface area contributed by atoms with Crippen LogP contribution in [0.3, 0.4) is 0 Å². The summed E-state index contributed by atoms with van der Waals surface area (Å²) in [6.07, 6.45) is 2.27. The van der Waals surface area contributed by atoms with E-state index in [2.05, 4.69) is 5.10 Å². The van der Waals surface area contributed by atoms with Crippen LogP contribution < -0.4 is 0 Å². The molecule has 0 bridgehead atoms. The number of aromatic carboxylic acids is 1. The number of hydrogen-bond acceptors (Lipinski definition) is 4. The molecule has 2 rings (SSSR count). The molecule has 0 aliphatic carbocycles. The number of hydrogen-bond donors (Lipinski definition) is 2. The van der Waals surface area contributed by atoms with Gasteiger partial charge in [-0.1, -0.05) is 0 Å². The number of nitrogens with zero attached hydrogens (tertiary/aromatic N) is 2. The predicted molar refractivity (Wildman–Crippen MR) is 56.3 cm³/mol. The minimum absolute atomic E-state index is 0.105. The van der Waals surface area contributed by atoms with Crippen LogP contribution in [0.5, 0.6) is 5.75 Å². The molecule has 0 radical (unpaired) electrons. The van der Waals surface area contributed by atoms with Gasteiger partial charge in [-0.15, -0.1) is 0 Å². The molecule has 0 saturated carbocycles. The summed E-state index contributed by atoms with van der Waals surface area (Å²) in [4.78, 5) is 10.9. The number of carboxylic acids is 1. The van der Waals surface area contributed by atoms with E-state index in [9.17, 15) is 9.90 Å². The minimum atomic E-state index is -1.13. The van der Waals surface area contributed by atoms with E-state index in [1.54, 1.807) is 0 Å². The van der Waals surface area contributed by atoms with Gasteiger partial charge in [0, 0.05) is 6.54 Å². The number of aromatic hydroxyl groups is 1. The largest absolute Gasteiger partial charge is 0.504 e. The molecule has 0 amide bonds. The zero-order valence-electron chi connectivity index (χ0n) is 8.09. The van der Waals surface area contributed by atoms with E-state index in [0.717, 1.165) is 17.9 Å². The number of rotatable bonds is 3. The Morgan fingerprint density at radius 3 is 3.13 bits per heavy atom. The summed E-state index contributed by atoms with van der Waals surface area (Å²) in [6, 6.07) is 0. The molecule has 1 aromatic rings. The van der Waals surface area contributed by atoms with Gasteiger partial charge in [0.25, 0.3) is 0 Å². The van der Waals surface area contributed by atoms with Crippen LogP contribution in [0.4, 0.5) is 0 Å². The monoisotopic (exact) mass is 228 g/mol. The van der Waals surface area contributed by atoms with Gasteiger partial charge >= 0.3 is 5.97 Å².